The molecule has 5 nitrogen and oxygen atoms in total. The first-order valence-electron chi connectivity index (χ1n) is 8.50. The fraction of sp³-hybridized carbons (Fsp3) is 0.143. The van der Waals surface area contributed by atoms with E-state index in [-0.39, 0.29) is 6.03 Å². The van der Waals surface area contributed by atoms with Gasteiger partial charge in [-0.15, -0.1) is 0 Å². The summed E-state index contributed by atoms with van der Waals surface area (Å²) in [4.78, 5) is 23.1. The number of carbonyl (C=O) groups is 2. The SMILES string of the molecule is NC(=O)c1cccc(CNC(=O)NCCc2ccc3ccccc3c2)c1. The molecular formula is C21H21N3O2. The average Bonchev–Trinajstić information content (AvgIpc) is 2.66. The van der Waals surface area contributed by atoms with Crippen LogP contribution in [0.2, 0.25) is 0 Å². The summed E-state index contributed by atoms with van der Waals surface area (Å²) in [5, 5.41) is 8.03. The largest absolute Gasteiger partial charge is 0.366 e. The number of benzene rings is 3. The van der Waals surface area contributed by atoms with Gasteiger partial charge >= 0.3 is 6.03 Å². The lowest BCUT2D eigenvalue weighted by Gasteiger charge is -2.09. The monoisotopic (exact) mass is 347 g/mol. The number of amides is 3. The van der Waals surface area contributed by atoms with E-state index >= 15 is 0 Å². The maximum atomic E-state index is 11.9. The van der Waals surface area contributed by atoms with E-state index in [1.54, 1.807) is 18.2 Å². The molecule has 26 heavy (non-hydrogen) atoms. The summed E-state index contributed by atoms with van der Waals surface area (Å²) in [6.45, 7) is 0.883. The van der Waals surface area contributed by atoms with Gasteiger partial charge in [0.05, 0.1) is 0 Å². The van der Waals surface area contributed by atoms with Gasteiger partial charge in [0.15, 0.2) is 0 Å². The van der Waals surface area contributed by atoms with E-state index < -0.39 is 5.91 Å². The van der Waals surface area contributed by atoms with Crippen molar-refractivity contribution in [3.05, 3.63) is 83.4 Å². The predicted octanol–water partition coefficient (Wildman–Crippen LogP) is 2.98. The van der Waals surface area contributed by atoms with E-state index in [1.807, 2.05) is 18.2 Å². The first kappa shape index (κ1) is 17.5. The van der Waals surface area contributed by atoms with E-state index in [0.717, 1.165) is 12.0 Å². The number of hydrogen-bond acceptors (Lipinski definition) is 2. The van der Waals surface area contributed by atoms with Crippen molar-refractivity contribution in [3.8, 4) is 0 Å². The highest BCUT2D eigenvalue weighted by Crippen LogP contribution is 2.15. The van der Waals surface area contributed by atoms with Gasteiger partial charge in [0, 0.05) is 18.7 Å². The van der Waals surface area contributed by atoms with E-state index in [9.17, 15) is 9.59 Å². The van der Waals surface area contributed by atoms with Crippen molar-refractivity contribution < 1.29 is 9.59 Å². The Balaban J connectivity index is 1.46. The lowest BCUT2D eigenvalue weighted by Crippen LogP contribution is -2.36. The molecule has 0 aliphatic heterocycles. The Bertz CT molecular complexity index is 937. The van der Waals surface area contributed by atoms with Gasteiger partial charge in [-0.25, -0.2) is 4.79 Å². The Morgan fingerprint density at radius 1 is 0.808 bits per heavy atom. The lowest BCUT2D eigenvalue weighted by atomic mass is 10.1. The van der Waals surface area contributed by atoms with Crippen LogP contribution in [0.4, 0.5) is 4.79 Å². The average molecular weight is 347 g/mol. The molecule has 132 valence electrons. The number of nitrogens with one attached hydrogen (secondary N) is 2. The zero-order valence-corrected chi connectivity index (χ0v) is 14.4. The Labute approximate surface area is 152 Å². The number of fused-ring (bicyclic) bond motifs is 1. The van der Waals surface area contributed by atoms with E-state index in [0.29, 0.717) is 18.7 Å². The molecular weight excluding hydrogens is 326 g/mol. The third kappa shape index (κ3) is 4.60. The van der Waals surface area contributed by atoms with Crippen molar-refractivity contribution in [1.29, 1.82) is 0 Å². The van der Waals surface area contributed by atoms with Crippen LogP contribution in [0.3, 0.4) is 0 Å². The third-order valence-corrected chi connectivity index (χ3v) is 4.18. The fourth-order valence-electron chi connectivity index (χ4n) is 2.79. The molecule has 0 spiro atoms. The van der Waals surface area contributed by atoms with Crippen LogP contribution in [0.25, 0.3) is 10.8 Å². The van der Waals surface area contributed by atoms with Gasteiger partial charge in [0.1, 0.15) is 0 Å². The molecule has 3 aromatic carbocycles. The maximum Gasteiger partial charge on any atom is 0.315 e. The molecule has 0 heterocycles. The highest BCUT2D eigenvalue weighted by molar-refractivity contribution is 5.92. The van der Waals surface area contributed by atoms with Gasteiger partial charge < -0.3 is 16.4 Å². The van der Waals surface area contributed by atoms with Crippen LogP contribution < -0.4 is 16.4 Å². The van der Waals surface area contributed by atoms with Crippen LogP contribution in [0.15, 0.2) is 66.7 Å². The topological polar surface area (TPSA) is 84.2 Å². The zero-order valence-electron chi connectivity index (χ0n) is 14.4. The molecule has 3 amide bonds. The molecule has 0 saturated heterocycles. The number of carbonyl (C=O) groups excluding carboxylic acids is 2. The molecule has 0 unspecified atom stereocenters. The molecule has 0 aliphatic carbocycles. The summed E-state index contributed by atoms with van der Waals surface area (Å²) in [7, 11) is 0. The molecule has 0 aromatic heterocycles. The zero-order chi connectivity index (χ0) is 18.4. The van der Waals surface area contributed by atoms with Crippen molar-refractivity contribution in [3.63, 3.8) is 0 Å². The number of hydrogen-bond donors (Lipinski definition) is 3. The van der Waals surface area contributed by atoms with Crippen LogP contribution in [-0.4, -0.2) is 18.5 Å². The van der Waals surface area contributed by atoms with Gasteiger partial charge in [-0.1, -0.05) is 54.6 Å². The summed E-state index contributed by atoms with van der Waals surface area (Å²) in [6, 6.07) is 21.2. The van der Waals surface area contributed by atoms with Crippen molar-refractivity contribution in [2.75, 3.05) is 6.54 Å². The molecule has 0 radical (unpaired) electrons. The highest BCUT2D eigenvalue weighted by atomic mass is 16.2. The first-order valence-corrected chi connectivity index (χ1v) is 8.50. The van der Waals surface area contributed by atoms with Crippen LogP contribution in [0.1, 0.15) is 21.5 Å². The lowest BCUT2D eigenvalue weighted by molar-refractivity contribution is 0.1000. The molecule has 0 aliphatic rings. The molecule has 0 bridgehead atoms. The Kier molecular flexibility index (Phi) is 5.49. The second-order valence-electron chi connectivity index (χ2n) is 6.11. The minimum atomic E-state index is -0.480. The van der Waals surface area contributed by atoms with Gasteiger partial charge in [-0.2, -0.15) is 0 Å². The van der Waals surface area contributed by atoms with E-state index in [4.69, 9.17) is 5.73 Å². The standard InChI is InChI=1S/C21H21N3O2/c22-20(25)19-7-3-4-16(13-19)14-24-21(26)23-11-10-15-8-9-17-5-1-2-6-18(17)12-15/h1-9,12-13H,10-11,14H2,(H2,22,25)(H2,23,24,26). The molecule has 3 aromatic rings. The minimum absolute atomic E-state index is 0.240. The van der Waals surface area contributed by atoms with Crippen LogP contribution in [0, 0.1) is 0 Å². The molecule has 5 heteroatoms. The van der Waals surface area contributed by atoms with Crippen LogP contribution >= 0.6 is 0 Å². The van der Waals surface area contributed by atoms with E-state index in [1.165, 1.54) is 16.3 Å². The number of urea groups is 1. The van der Waals surface area contributed by atoms with Gasteiger partial charge in [0.25, 0.3) is 0 Å². The first-order chi connectivity index (χ1) is 12.6. The third-order valence-electron chi connectivity index (χ3n) is 4.18. The molecule has 0 fully saturated rings. The van der Waals surface area contributed by atoms with Crippen molar-refractivity contribution in [1.82, 2.24) is 10.6 Å². The number of nitrogens with two attached hydrogens (primary N) is 1. The number of rotatable bonds is 6. The predicted molar refractivity (Wildman–Crippen MR) is 103 cm³/mol. The van der Waals surface area contributed by atoms with Crippen LogP contribution in [0.5, 0.6) is 0 Å². The summed E-state index contributed by atoms with van der Waals surface area (Å²) in [5.74, 6) is -0.480. The van der Waals surface area contributed by atoms with Gasteiger partial charge in [-0.3, -0.25) is 4.79 Å². The van der Waals surface area contributed by atoms with Crippen molar-refractivity contribution in [2.24, 2.45) is 5.73 Å². The summed E-state index contributed by atoms with van der Waals surface area (Å²) in [5.41, 5.74) is 7.69. The Morgan fingerprint density at radius 2 is 1.62 bits per heavy atom. The summed E-state index contributed by atoms with van der Waals surface area (Å²) in [6.07, 6.45) is 0.759. The Hall–Kier alpha value is -3.34. The smallest absolute Gasteiger partial charge is 0.315 e. The number of primary amides is 1. The van der Waals surface area contributed by atoms with Crippen LogP contribution in [-0.2, 0) is 13.0 Å². The summed E-state index contributed by atoms with van der Waals surface area (Å²) < 4.78 is 0. The Morgan fingerprint density at radius 3 is 2.42 bits per heavy atom. The van der Waals surface area contributed by atoms with Crippen molar-refractivity contribution in [2.45, 2.75) is 13.0 Å². The highest BCUT2D eigenvalue weighted by Gasteiger charge is 2.04. The normalized spacial score (nSPS) is 10.5. The van der Waals surface area contributed by atoms with Gasteiger partial charge in [-0.05, 0) is 40.5 Å². The second-order valence-corrected chi connectivity index (χ2v) is 6.11. The van der Waals surface area contributed by atoms with Gasteiger partial charge in [0.2, 0.25) is 5.91 Å². The van der Waals surface area contributed by atoms with Crippen molar-refractivity contribution >= 4 is 22.7 Å². The summed E-state index contributed by atoms with van der Waals surface area (Å²) >= 11 is 0. The molecule has 0 saturated carbocycles. The molecule has 4 N–H and O–H groups in total. The quantitative estimate of drug-likeness (QED) is 0.640. The van der Waals surface area contributed by atoms with E-state index in [2.05, 4.69) is 41.0 Å². The molecule has 3 rings (SSSR count). The second kappa shape index (κ2) is 8.16. The minimum Gasteiger partial charge on any atom is -0.366 e. The maximum absolute atomic E-state index is 11.9. The molecule has 0 atom stereocenters. The fourth-order valence-corrected chi connectivity index (χ4v) is 2.79.